The van der Waals surface area contributed by atoms with Crippen molar-refractivity contribution in [2.75, 3.05) is 0 Å². The number of halogens is 1. The highest BCUT2D eigenvalue weighted by Gasteiger charge is 1.93. The zero-order valence-corrected chi connectivity index (χ0v) is 6.77. The number of aryl methyl sites for hydroxylation is 1. The van der Waals surface area contributed by atoms with Crippen molar-refractivity contribution in [2.24, 2.45) is 7.05 Å². The Morgan fingerprint density at radius 1 is 1.56 bits per heavy atom. The summed E-state index contributed by atoms with van der Waals surface area (Å²) in [7, 11) is 1.84. The SMILES string of the molecule is C=c1c(Br)nn(C)c1=C. The normalized spacial score (nSPS) is 10.0. The van der Waals surface area contributed by atoms with Crippen LogP contribution in [-0.4, -0.2) is 9.78 Å². The molecular weight excluding hydrogens is 180 g/mol. The van der Waals surface area contributed by atoms with Crippen LogP contribution in [0.1, 0.15) is 0 Å². The third kappa shape index (κ3) is 0.920. The Bertz CT molecular complexity index is 282. The first kappa shape index (κ1) is 6.55. The van der Waals surface area contributed by atoms with E-state index in [9.17, 15) is 0 Å². The van der Waals surface area contributed by atoms with Gasteiger partial charge in [-0.3, -0.25) is 4.68 Å². The third-order valence-electron chi connectivity index (χ3n) is 1.23. The largest absolute Gasteiger partial charge is 0.267 e. The molecule has 0 atom stereocenters. The van der Waals surface area contributed by atoms with Crippen molar-refractivity contribution < 1.29 is 0 Å². The minimum atomic E-state index is 0.773. The molecule has 0 saturated carbocycles. The van der Waals surface area contributed by atoms with E-state index in [1.807, 2.05) is 7.05 Å². The molecule has 0 fully saturated rings. The van der Waals surface area contributed by atoms with E-state index in [2.05, 4.69) is 34.2 Å². The highest BCUT2D eigenvalue weighted by molar-refractivity contribution is 9.10. The maximum Gasteiger partial charge on any atom is 0.135 e. The van der Waals surface area contributed by atoms with Crippen molar-refractivity contribution in [1.29, 1.82) is 0 Å². The Kier molecular flexibility index (Phi) is 1.45. The van der Waals surface area contributed by atoms with Crippen LogP contribution in [0.25, 0.3) is 13.2 Å². The van der Waals surface area contributed by atoms with Gasteiger partial charge in [-0.05, 0) is 15.9 Å². The van der Waals surface area contributed by atoms with Crippen molar-refractivity contribution in [3.63, 3.8) is 0 Å². The van der Waals surface area contributed by atoms with Crippen LogP contribution in [0.2, 0.25) is 0 Å². The second kappa shape index (κ2) is 1.99. The molecule has 0 amide bonds. The molecule has 0 aliphatic carbocycles. The number of hydrogen-bond donors (Lipinski definition) is 0. The molecule has 9 heavy (non-hydrogen) atoms. The average molecular weight is 187 g/mol. The van der Waals surface area contributed by atoms with Gasteiger partial charge in [0, 0.05) is 12.3 Å². The maximum absolute atomic E-state index is 4.02. The molecule has 0 radical (unpaired) electrons. The number of aromatic nitrogens is 2. The molecule has 0 aliphatic rings. The summed E-state index contributed by atoms with van der Waals surface area (Å²) in [6.07, 6.45) is 0. The van der Waals surface area contributed by atoms with Crippen molar-refractivity contribution in [3.05, 3.63) is 15.2 Å². The summed E-state index contributed by atoms with van der Waals surface area (Å²) in [6, 6.07) is 0. The van der Waals surface area contributed by atoms with Gasteiger partial charge >= 0.3 is 0 Å². The molecule has 0 N–H and O–H groups in total. The minimum Gasteiger partial charge on any atom is -0.267 e. The van der Waals surface area contributed by atoms with Crippen molar-refractivity contribution in [3.8, 4) is 0 Å². The van der Waals surface area contributed by atoms with Gasteiger partial charge in [-0.1, -0.05) is 13.2 Å². The molecule has 1 heterocycles. The molecule has 48 valence electrons. The van der Waals surface area contributed by atoms with E-state index in [1.54, 1.807) is 4.68 Å². The van der Waals surface area contributed by atoms with Crippen LogP contribution in [-0.2, 0) is 7.05 Å². The number of rotatable bonds is 0. The van der Waals surface area contributed by atoms with Gasteiger partial charge in [0.05, 0.1) is 5.35 Å². The zero-order chi connectivity index (χ0) is 7.02. The van der Waals surface area contributed by atoms with Gasteiger partial charge in [0.2, 0.25) is 0 Å². The molecule has 1 rings (SSSR count). The zero-order valence-electron chi connectivity index (χ0n) is 5.19. The molecule has 0 aliphatic heterocycles. The summed E-state index contributed by atoms with van der Waals surface area (Å²) < 4.78 is 2.46. The van der Waals surface area contributed by atoms with E-state index in [-0.39, 0.29) is 0 Å². The van der Waals surface area contributed by atoms with E-state index in [0.29, 0.717) is 0 Å². The van der Waals surface area contributed by atoms with E-state index < -0.39 is 0 Å². The fourth-order valence-electron chi connectivity index (χ4n) is 0.567. The summed E-state index contributed by atoms with van der Waals surface area (Å²) in [4.78, 5) is 0. The first-order valence-electron chi connectivity index (χ1n) is 2.49. The van der Waals surface area contributed by atoms with E-state index >= 15 is 0 Å². The van der Waals surface area contributed by atoms with Gasteiger partial charge in [0.1, 0.15) is 4.60 Å². The molecule has 2 nitrogen and oxygen atoms in total. The number of nitrogens with zero attached hydrogens (tertiary/aromatic N) is 2. The topological polar surface area (TPSA) is 17.8 Å². The van der Waals surface area contributed by atoms with Crippen LogP contribution in [0.4, 0.5) is 0 Å². The lowest BCUT2D eigenvalue weighted by Crippen LogP contribution is -2.24. The lowest BCUT2D eigenvalue weighted by Gasteiger charge is -1.81. The lowest BCUT2D eigenvalue weighted by atomic mass is 10.5. The predicted molar refractivity (Wildman–Crippen MR) is 41.2 cm³/mol. The Hall–Kier alpha value is -0.570. The van der Waals surface area contributed by atoms with Crippen LogP contribution in [0.5, 0.6) is 0 Å². The second-order valence-electron chi connectivity index (χ2n) is 1.84. The Morgan fingerprint density at radius 2 is 2.11 bits per heavy atom. The molecular formula is C6H7BrN2. The Labute approximate surface area is 61.6 Å². The summed E-state index contributed by atoms with van der Waals surface area (Å²) in [5.41, 5.74) is 0. The molecule has 0 unspecified atom stereocenters. The summed E-state index contributed by atoms with van der Waals surface area (Å²) in [5, 5.41) is 5.73. The Balaban J connectivity index is 3.68. The predicted octanol–water partition coefficient (Wildman–Crippen LogP) is 0.00320. The monoisotopic (exact) mass is 186 g/mol. The molecule has 0 aromatic carbocycles. The fraction of sp³-hybridized carbons (Fsp3) is 0.167. The molecule has 1 aromatic rings. The molecule has 0 bridgehead atoms. The van der Waals surface area contributed by atoms with Crippen LogP contribution in [0, 0.1) is 0 Å². The van der Waals surface area contributed by atoms with Gasteiger partial charge in [-0.15, -0.1) is 0 Å². The molecule has 1 aromatic heterocycles. The summed E-state index contributed by atoms with van der Waals surface area (Å²) in [5.74, 6) is 0. The summed E-state index contributed by atoms with van der Waals surface area (Å²) in [6.45, 7) is 7.50. The molecule has 3 heteroatoms. The van der Waals surface area contributed by atoms with E-state index in [1.165, 1.54) is 0 Å². The van der Waals surface area contributed by atoms with Gasteiger partial charge in [0.15, 0.2) is 0 Å². The van der Waals surface area contributed by atoms with E-state index in [0.717, 1.165) is 15.2 Å². The van der Waals surface area contributed by atoms with Crippen molar-refractivity contribution in [1.82, 2.24) is 9.78 Å². The summed E-state index contributed by atoms with van der Waals surface area (Å²) >= 11 is 3.23. The van der Waals surface area contributed by atoms with Crippen molar-refractivity contribution in [2.45, 2.75) is 0 Å². The van der Waals surface area contributed by atoms with Crippen LogP contribution >= 0.6 is 15.9 Å². The smallest absolute Gasteiger partial charge is 0.135 e. The first-order valence-corrected chi connectivity index (χ1v) is 3.28. The van der Waals surface area contributed by atoms with Gasteiger partial charge in [-0.2, -0.15) is 5.10 Å². The first-order chi connectivity index (χ1) is 4.13. The quantitative estimate of drug-likeness (QED) is 0.559. The molecule has 0 saturated heterocycles. The maximum atomic E-state index is 4.02. The van der Waals surface area contributed by atoms with Gasteiger partial charge in [0.25, 0.3) is 0 Å². The third-order valence-corrected chi connectivity index (χ3v) is 1.86. The fourth-order valence-corrected chi connectivity index (χ4v) is 1.03. The minimum absolute atomic E-state index is 0.773. The number of hydrogen-bond acceptors (Lipinski definition) is 1. The highest BCUT2D eigenvalue weighted by Crippen LogP contribution is 1.90. The van der Waals surface area contributed by atoms with Gasteiger partial charge in [-0.25, -0.2) is 0 Å². The van der Waals surface area contributed by atoms with Crippen LogP contribution in [0.15, 0.2) is 4.60 Å². The standard InChI is InChI=1S/C6H7BrN2/c1-4-5(2)9(3)8-6(4)7/h1-2H2,3H3. The van der Waals surface area contributed by atoms with Crippen molar-refractivity contribution >= 4 is 29.1 Å². The van der Waals surface area contributed by atoms with E-state index in [4.69, 9.17) is 0 Å². The highest BCUT2D eigenvalue weighted by atomic mass is 79.9. The van der Waals surface area contributed by atoms with Crippen LogP contribution < -0.4 is 10.6 Å². The van der Waals surface area contributed by atoms with Gasteiger partial charge < -0.3 is 0 Å². The average Bonchev–Trinajstić information content (AvgIpc) is 1.98. The second-order valence-corrected chi connectivity index (χ2v) is 2.59. The lowest BCUT2D eigenvalue weighted by molar-refractivity contribution is 0.738. The van der Waals surface area contributed by atoms with Crippen LogP contribution in [0.3, 0.4) is 0 Å². The molecule has 0 spiro atoms. The Morgan fingerprint density at radius 3 is 2.22 bits per heavy atom.